The van der Waals surface area contributed by atoms with E-state index < -0.39 is 0 Å². The van der Waals surface area contributed by atoms with Gasteiger partial charge in [-0.1, -0.05) is 0 Å². The van der Waals surface area contributed by atoms with Crippen LogP contribution in [-0.2, 0) is 0 Å². The monoisotopic (exact) mass is 304 g/mol. The maximum absolute atomic E-state index is 6.13. The third-order valence-corrected chi connectivity index (χ3v) is 5.25. The van der Waals surface area contributed by atoms with Gasteiger partial charge >= 0.3 is 92.1 Å². The molecule has 0 fully saturated rings. The van der Waals surface area contributed by atoms with E-state index in [1.807, 2.05) is 0 Å². The van der Waals surface area contributed by atoms with Crippen molar-refractivity contribution in [3.8, 4) is 0 Å². The first-order valence-corrected chi connectivity index (χ1v) is 7.83. The SMILES string of the molecule is CCCC[Te]/C=C(\Cl)C(C)(C)C. The van der Waals surface area contributed by atoms with E-state index in [1.54, 1.807) is 0 Å². The van der Waals surface area contributed by atoms with Gasteiger partial charge in [-0.3, -0.25) is 0 Å². The van der Waals surface area contributed by atoms with E-state index in [0.717, 1.165) is 5.03 Å². The van der Waals surface area contributed by atoms with Gasteiger partial charge in [0.25, 0.3) is 0 Å². The fourth-order valence-electron chi connectivity index (χ4n) is 0.537. The fourth-order valence-corrected chi connectivity index (χ4v) is 4.02. The van der Waals surface area contributed by atoms with Crippen LogP contribution < -0.4 is 0 Å². The zero-order chi connectivity index (χ0) is 9.61. The van der Waals surface area contributed by atoms with Crippen molar-refractivity contribution in [3.63, 3.8) is 0 Å². The summed E-state index contributed by atoms with van der Waals surface area (Å²) >= 11 is 6.18. The summed E-state index contributed by atoms with van der Waals surface area (Å²) in [7, 11) is 0. The summed E-state index contributed by atoms with van der Waals surface area (Å²) in [4.78, 5) is 0. The molecule has 0 radical (unpaired) electrons. The van der Waals surface area contributed by atoms with Crippen molar-refractivity contribution in [2.24, 2.45) is 5.41 Å². The van der Waals surface area contributed by atoms with Crippen LogP contribution in [-0.4, -0.2) is 20.9 Å². The van der Waals surface area contributed by atoms with Crippen molar-refractivity contribution in [2.75, 3.05) is 0 Å². The van der Waals surface area contributed by atoms with Gasteiger partial charge in [0.1, 0.15) is 0 Å². The average Bonchev–Trinajstić information content (AvgIpc) is 1.96. The summed E-state index contributed by atoms with van der Waals surface area (Å²) in [5.41, 5.74) is 0.165. The Hall–Kier alpha value is 0.820. The van der Waals surface area contributed by atoms with Crippen LogP contribution in [0.5, 0.6) is 0 Å². The molecule has 0 aliphatic heterocycles. The summed E-state index contributed by atoms with van der Waals surface area (Å²) in [6.07, 6.45) is 2.68. The number of halogens is 1. The number of unbranched alkanes of at least 4 members (excludes halogenated alkanes) is 1. The third-order valence-electron chi connectivity index (χ3n) is 1.52. The maximum atomic E-state index is 6.13. The Morgan fingerprint density at radius 1 is 1.42 bits per heavy atom. The predicted molar refractivity (Wildman–Crippen MR) is 58.9 cm³/mol. The second-order valence-corrected chi connectivity index (χ2v) is 7.14. The van der Waals surface area contributed by atoms with Gasteiger partial charge in [0.2, 0.25) is 0 Å². The Kier molecular flexibility index (Phi) is 6.73. The molecule has 0 saturated heterocycles. The number of rotatable bonds is 4. The molecule has 0 bridgehead atoms. The van der Waals surface area contributed by atoms with E-state index in [0.29, 0.717) is 0 Å². The van der Waals surface area contributed by atoms with Gasteiger partial charge in [0, 0.05) is 0 Å². The molecular weight excluding hydrogens is 283 g/mol. The number of allylic oxidation sites excluding steroid dienone is 1. The van der Waals surface area contributed by atoms with E-state index in [1.165, 1.54) is 17.3 Å². The molecule has 0 atom stereocenters. The zero-order valence-corrected chi connectivity index (χ0v) is 11.6. The molecule has 72 valence electrons. The second kappa shape index (κ2) is 6.30. The number of hydrogen-bond donors (Lipinski definition) is 0. The minimum absolute atomic E-state index is 0.0527. The first kappa shape index (κ1) is 12.8. The van der Waals surface area contributed by atoms with Crippen molar-refractivity contribution in [1.29, 1.82) is 0 Å². The second-order valence-electron chi connectivity index (χ2n) is 3.94. The van der Waals surface area contributed by atoms with Crippen LogP contribution in [0, 0.1) is 5.41 Å². The van der Waals surface area contributed by atoms with Crippen LogP contribution in [0.4, 0.5) is 0 Å². The Labute approximate surface area is 91.8 Å². The molecule has 0 aromatic carbocycles. The molecule has 0 aromatic rings. The Morgan fingerprint density at radius 3 is 2.42 bits per heavy atom. The van der Waals surface area contributed by atoms with Crippen LogP contribution >= 0.6 is 11.6 Å². The van der Waals surface area contributed by atoms with E-state index in [-0.39, 0.29) is 26.3 Å². The molecular formula is C10H19ClTe. The van der Waals surface area contributed by atoms with Crippen molar-refractivity contribution in [2.45, 2.75) is 45.0 Å². The van der Waals surface area contributed by atoms with Crippen molar-refractivity contribution in [3.05, 3.63) is 9.16 Å². The normalized spacial score (nSPS) is 13.6. The van der Waals surface area contributed by atoms with Crippen LogP contribution in [0.1, 0.15) is 40.5 Å². The van der Waals surface area contributed by atoms with Crippen LogP contribution in [0.3, 0.4) is 0 Å². The fraction of sp³-hybridized carbons (Fsp3) is 0.800. The van der Waals surface area contributed by atoms with Gasteiger partial charge in [0.05, 0.1) is 0 Å². The van der Waals surface area contributed by atoms with Crippen LogP contribution in [0.15, 0.2) is 9.16 Å². The minimum atomic E-state index is 0.0527. The van der Waals surface area contributed by atoms with Gasteiger partial charge in [-0.05, 0) is 0 Å². The van der Waals surface area contributed by atoms with Crippen molar-refractivity contribution in [1.82, 2.24) is 0 Å². The molecule has 0 aliphatic carbocycles. The summed E-state index contributed by atoms with van der Waals surface area (Å²) < 4.78 is 3.69. The molecule has 0 saturated carbocycles. The van der Waals surface area contributed by atoms with E-state index in [4.69, 9.17) is 11.6 Å². The predicted octanol–water partition coefficient (Wildman–Crippen LogP) is 4.04. The molecule has 0 amide bonds. The standard InChI is InChI=1S/C10H19ClTe/c1-5-6-7-12-8-9(11)10(2,3)4/h8H,5-7H2,1-4H3/b9-8-. The molecule has 0 aromatic heterocycles. The van der Waals surface area contributed by atoms with Crippen LogP contribution in [0.25, 0.3) is 0 Å². The first-order chi connectivity index (χ1) is 5.48. The van der Waals surface area contributed by atoms with Crippen LogP contribution in [0.2, 0.25) is 4.47 Å². The summed E-state index contributed by atoms with van der Waals surface area (Å²) in [5, 5.41) is 1.06. The Morgan fingerprint density at radius 2 is 2.00 bits per heavy atom. The number of hydrogen-bond acceptors (Lipinski definition) is 0. The van der Waals surface area contributed by atoms with Gasteiger partial charge in [-0.15, -0.1) is 0 Å². The van der Waals surface area contributed by atoms with Gasteiger partial charge in [0.15, 0.2) is 0 Å². The van der Waals surface area contributed by atoms with Gasteiger partial charge in [-0.2, -0.15) is 0 Å². The topological polar surface area (TPSA) is 0 Å². The van der Waals surface area contributed by atoms with Gasteiger partial charge < -0.3 is 0 Å². The van der Waals surface area contributed by atoms with Crippen molar-refractivity contribution < 1.29 is 0 Å². The quantitative estimate of drug-likeness (QED) is 0.543. The molecule has 12 heavy (non-hydrogen) atoms. The Balaban J connectivity index is 3.70. The molecule has 0 spiro atoms. The van der Waals surface area contributed by atoms with E-state index in [2.05, 4.69) is 31.8 Å². The van der Waals surface area contributed by atoms with E-state index in [9.17, 15) is 0 Å². The average molecular weight is 302 g/mol. The van der Waals surface area contributed by atoms with Gasteiger partial charge in [-0.25, -0.2) is 0 Å². The molecule has 0 rings (SSSR count). The van der Waals surface area contributed by atoms with Crippen molar-refractivity contribution >= 4 is 32.5 Å². The first-order valence-electron chi connectivity index (χ1n) is 4.46. The molecule has 0 unspecified atom stereocenters. The van der Waals surface area contributed by atoms with E-state index >= 15 is 0 Å². The molecule has 0 heterocycles. The Bertz CT molecular complexity index is 144. The molecule has 0 aliphatic rings. The molecule has 0 nitrogen and oxygen atoms in total. The molecule has 0 N–H and O–H groups in total. The third kappa shape index (κ3) is 6.35. The molecule has 2 heteroatoms. The summed E-state index contributed by atoms with van der Waals surface area (Å²) in [5.74, 6) is 0. The summed E-state index contributed by atoms with van der Waals surface area (Å²) in [6.45, 7) is 8.73. The summed E-state index contributed by atoms with van der Waals surface area (Å²) in [6, 6.07) is 0. The zero-order valence-electron chi connectivity index (χ0n) is 8.48.